The molecule has 4 aromatic rings. The van der Waals surface area contributed by atoms with Crippen LogP contribution in [-0.2, 0) is 0 Å². The van der Waals surface area contributed by atoms with Crippen molar-refractivity contribution in [3.8, 4) is 0 Å². The molecule has 1 saturated heterocycles. The SMILES string of the molecule is Cc1[nH]c2ccccc2c1[C@@H](c1ccc(C(C)C)cc1)N1CCN(c2ccc(F)cc2)CC1. The molecular formula is C29H32FN3. The summed E-state index contributed by atoms with van der Waals surface area (Å²) in [6.07, 6.45) is 0. The van der Waals surface area contributed by atoms with E-state index in [1.54, 1.807) is 12.1 Å². The van der Waals surface area contributed by atoms with Gasteiger partial charge in [0.2, 0.25) is 0 Å². The van der Waals surface area contributed by atoms with Gasteiger partial charge < -0.3 is 9.88 Å². The maximum atomic E-state index is 13.4. The summed E-state index contributed by atoms with van der Waals surface area (Å²) in [6, 6.07) is 24.9. The van der Waals surface area contributed by atoms with Crippen molar-refractivity contribution >= 4 is 16.6 Å². The van der Waals surface area contributed by atoms with Crippen LogP contribution in [-0.4, -0.2) is 36.1 Å². The lowest BCUT2D eigenvalue weighted by Gasteiger charge is -2.41. The Morgan fingerprint density at radius 1 is 0.788 bits per heavy atom. The zero-order valence-corrected chi connectivity index (χ0v) is 19.7. The molecule has 1 atom stereocenters. The third kappa shape index (κ3) is 4.28. The van der Waals surface area contributed by atoms with Crippen LogP contribution in [0.1, 0.15) is 48.2 Å². The second kappa shape index (κ2) is 9.03. The molecule has 0 bridgehead atoms. The monoisotopic (exact) mass is 441 g/mol. The summed E-state index contributed by atoms with van der Waals surface area (Å²) in [5, 5.41) is 1.30. The first-order chi connectivity index (χ1) is 16.0. The molecule has 0 aliphatic carbocycles. The first-order valence-electron chi connectivity index (χ1n) is 11.9. The third-order valence-corrected chi connectivity index (χ3v) is 7.01. The van der Waals surface area contributed by atoms with E-state index in [1.807, 2.05) is 12.1 Å². The number of aryl methyl sites for hydroxylation is 1. The fourth-order valence-electron chi connectivity index (χ4n) is 5.16. The number of nitrogens with one attached hydrogen (secondary N) is 1. The number of fused-ring (bicyclic) bond motifs is 1. The van der Waals surface area contributed by atoms with Crippen molar-refractivity contribution in [1.29, 1.82) is 0 Å². The van der Waals surface area contributed by atoms with Crippen molar-refractivity contribution in [3.63, 3.8) is 0 Å². The lowest BCUT2D eigenvalue weighted by atomic mass is 9.92. The van der Waals surface area contributed by atoms with Gasteiger partial charge in [-0.1, -0.05) is 56.3 Å². The van der Waals surface area contributed by atoms with Gasteiger partial charge in [0.15, 0.2) is 0 Å². The molecule has 33 heavy (non-hydrogen) atoms. The average Bonchev–Trinajstić information content (AvgIpc) is 3.16. The molecule has 1 aliphatic rings. The van der Waals surface area contributed by atoms with E-state index in [0.717, 1.165) is 31.9 Å². The molecule has 3 nitrogen and oxygen atoms in total. The smallest absolute Gasteiger partial charge is 0.123 e. The number of rotatable bonds is 5. The number of hydrogen-bond donors (Lipinski definition) is 1. The molecule has 0 saturated carbocycles. The van der Waals surface area contributed by atoms with Crippen LogP contribution >= 0.6 is 0 Å². The average molecular weight is 442 g/mol. The summed E-state index contributed by atoms with van der Waals surface area (Å²) in [4.78, 5) is 8.58. The molecule has 1 aromatic heterocycles. The Labute approximate surface area is 195 Å². The fourth-order valence-corrected chi connectivity index (χ4v) is 5.16. The minimum absolute atomic E-state index is 0.183. The van der Waals surface area contributed by atoms with Gasteiger partial charge in [0.1, 0.15) is 5.82 Å². The van der Waals surface area contributed by atoms with Crippen LogP contribution in [0.4, 0.5) is 10.1 Å². The highest BCUT2D eigenvalue weighted by Crippen LogP contribution is 2.37. The van der Waals surface area contributed by atoms with Gasteiger partial charge in [-0.2, -0.15) is 0 Å². The third-order valence-electron chi connectivity index (χ3n) is 7.01. The molecule has 1 fully saturated rings. The van der Waals surface area contributed by atoms with Crippen LogP contribution in [0.5, 0.6) is 0 Å². The fraction of sp³-hybridized carbons (Fsp3) is 0.310. The number of anilines is 1. The van der Waals surface area contributed by atoms with Crippen LogP contribution in [0.25, 0.3) is 10.9 Å². The Hall–Kier alpha value is -3.11. The molecule has 170 valence electrons. The van der Waals surface area contributed by atoms with Gasteiger partial charge in [-0.3, -0.25) is 4.90 Å². The number of aromatic nitrogens is 1. The Balaban J connectivity index is 1.49. The number of aromatic amines is 1. The minimum Gasteiger partial charge on any atom is -0.369 e. The standard InChI is InChI=1S/C29H32FN3/c1-20(2)22-8-10-23(11-9-22)29(28-21(3)31-27-7-5-4-6-26(27)28)33-18-16-32(17-19-33)25-14-12-24(30)13-15-25/h4-15,20,29,31H,16-19H2,1-3H3/t29-/m1/s1. The number of H-pyrrole nitrogens is 1. The molecule has 0 unspecified atom stereocenters. The highest BCUT2D eigenvalue weighted by atomic mass is 19.1. The van der Waals surface area contributed by atoms with Gasteiger partial charge in [-0.15, -0.1) is 0 Å². The lowest BCUT2D eigenvalue weighted by Crippen LogP contribution is -2.48. The molecule has 5 rings (SSSR count). The number of hydrogen-bond acceptors (Lipinski definition) is 2. The normalized spacial score (nSPS) is 16.0. The highest BCUT2D eigenvalue weighted by molar-refractivity contribution is 5.85. The quantitative estimate of drug-likeness (QED) is 0.375. The van der Waals surface area contributed by atoms with E-state index < -0.39 is 0 Å². The van der Waals surface area contributed by atoms with Crippen molar-refractivity contribution in [2.75, 3.05) is 31.1 Å². The lowest BCUT2D eigenvalue weighted by molar-refractivity contribution is 0.213. The summed E-state index contributed by atoms with van der Waals surface area (Å²) in [7, 11) is 0. The Morgan fingerprint density at radius 2 is 1.42 bits per heavy atom. The molecule has 0 radical (unpaired) electrons. The van der Waals surface area contributed by atoms with Gasteiger partial charge >= 0.3 is 0 Å². The molecule has 0 spiro atoms. The second-order valence-corrected chi connectivity index (χ2v) is 9.43. The number of para-hydroxylation sites is 1. The molecule has 3 aromatic carbocycles. The summed E-state index contributed by atoms with van der Waals surface area (Å²) in [5.74, 6) is 0.337. The van der Waals surface area contributed by atoms with E-state index in [9.17, 15) is 4.39 Å². The summed E-state index contributed by atoms with van der Waals surface area (Å²) in [6.45, 7) is 10.4. The number of piperazine rings is 1. The molecule has 1 N–H and O–H groups in total. The van der Waals surface area contributed by atoms with Crippen LogP contribution in [0.3, 0.4) is 0 Å². The van der Waals surface area contributed by atoms with Crippen LogP contribution < -0.4 is 4.90 Å². The maximum absolute atomic E-state index is 13.4. The van der Waals surface area contributed by atoms with Crippen molar-refractivity contribution < 1.29 is 4.39 Å². The van der Waals surface area contributed by atoms with E-state index in [1.165, 1.54) is 33.3 Å². The van der Waals surface area contributed by atoms with Crippen molar-refractivity contribution in [1.82, 2.24) is 9.88 Å². The zero-order chi connectivity index (χ0) is 22.9. The molecule has 2 heterocycles. The van der Waals surface area contributed by atoms with Crippen molar-refractivity contribution in [3.05, 3.63) is 101 Å². The molecule has 1 aliphatic heterocycles. The first-order valence-corrected chi connectivity index (χ1v) is 11.9. The number of halogens is 1. The maximum Gasteiger partial charge on any atom is 0.123 e. The predicted molar refractivity (Wildman–Crippen MR) is 136 cm³/mol. The van der Waals surface area contributed by atoms with Gasteiger partial charge in [0, 0.05) is 54.0 Å². The van der Waals surface area contributed by atoms with Crippen LogP contribution in [0.15, 0.2) is 72.8 Å². The van der Waals surface area contributed by atoms with Gasteiger partial charge in [-0.25, -0.2) is 4.39 Å². The van der Waals surface area contributed by atoms with Crippen LogP contribution in [0.2, 0.25) is 0 Å². The predicted octanol–water partition coefficient (Wildman–Crippen LogP) is 6.65. The Morgan fingerprint density at radius 3 is 2.09 bits per heavy atom. The van der Waals surface area contributed by atoms with E-state index in [0.29, 0.717) is 5.92 Å². The van der Waals surface area contributed by atoms with E-state index >= 15 is 0 Å². The number of nitrogens with zero attached hydrogens (tertiary/aromatic N) is 2. The van der Waals surface area contributed by atoms with E-state index in [4.69, 9.17) is 0 Å². The Bertz CT molecular complexity index is 1220. The van der Waals surface area contributed by atoms with Gasteiger partial charge in [0.25, 0.3) is 0 Å². The molecule has 4 heteroatoms. The van der Waals surface area contributed by atoms with Crippen molar-refractivity contribution in [2.45, 2.75) is 32.7 Å². The summed E-state index contributed by atoms with van der Waals surface area (Å²) in [5.41, 5.74) is 7.60. The second-order valence-electron chi connectivity index (χ2n) is 9.43. The summed E-state index contributed by atoms with van der Waals surface area (Å²) >= 11 is 0. The van der Waals surface area contributed by atoms with E-state index in [-0.39, 0.29) is 11.9 Å². The van der Waals surface area contributed by atoms with Crippen molar-refractivity contribution in [2.24, 2.45) is 0 Å². The van der Waals surface area contributed by atoms with Gasteiger partial charge in [-0.05, 0) is 54.3 Å². The first kappa shape index (κ1) is 21.7. The largest absolute Gasteiger partial charge is 0.369 e. The zero-order valence-electron chi connectivity index (χ0n) is 19.7. The van der Waals surface area contributed by atoms with Crippen LogP contribution in [0, 0.1) is 12.7 Å². The van der Waals surface area contributed by atoms with Gasteiger partial charge in [0.05, 0.1) is 6.04 Å². The number of benzene rings is 3. The minimum atomic E-state index is -0.183. The Kier molecular flexibility index (Phi) is 5.94. The molecule has 0 amide bonds. The summed E-state index contributed by atoms with van der Waals surface area (Å²) < 4.78 is 13.4. The topological polar surface area (TPSA) is 22.3 Å². The highest BCUT2D eigenvalue weighted by Gasteiger charge is 2.30. The van der Waals surface area contributed by atoms with E-state index in [2.05, 4.69) is 84.1 Å². The molecular weight excluding hydrogens is 409 g/mol.